The Balaban J connectivity index is 1.86. The summed E-state index contributed by atoms with van der Waals surface area (Å²) in [5, 5.41) is 5.28. The van der Waals surface area contributed by atoms with Crippen LogP contribution in [0.3, 0.4) is 0 Å². The maximum absolute atomic E-state index is 12.6. The lowest BCUT2D eigenvalue weighted by Gasteiger charge is -2.33. The summed E-state index contributed by atoms with van der Waals surface area (Å²) < 4.78 is 5.68. The van der Waals surface area contributed by atoms with Crippen LogP contribution in [0.5, 0.6) is 5.75 Å². The lowest BCUT2D eigenvalue weighted by molar-refractivity contribution is -0.143. The fraction of sp³-hybridized carbons (Fsp3) is 0.167. The van der Waals surface area contributed by atoms with Crippen molar-refractivity contribution in [2.75, 3.05) is 10.6 Å². The molecule has 1 aliphatic heterocycles. The largest absolute Gasteiger partial charge is 0.466 e. The Labute approximate surface area is 144 Å². The number of nitrogens with two attached hydrogens (primary N) is 1. The third-order valence-electron chi connectivity index (χ3n) is 3.97. The second-order valence-corrected chi connectivity index (χ2v) is 5.99. The number of rotatable bonds is 3. The van der Waals surface area contributed by atoms with E-state index in [1.54, 1.807) is 24.3 Å². The number of amides is 3. The topological polar surface area (TPSA) is 111 Å². The first-order chi connectivity index (χ1) is 11.8. The van der Waals surface area contributed by atoms with Crippen LogP contribution in [-0.4, -0.2) is 23.3 Å². The van der Waals surface area contributed by atoms with Crippen LogP contribution in [0.2, 0.25) is 0 Å². The van der Waals surface area contributed by atoms with Gasteiger partial charge in [-0.05, 0) is 49.7 Å². The van der Waals surface area contributed by atoms with Crippen molar-refractivity contribution >= 4 is 29.1 Å². The van der Waals surface area contributed by atoms with E-state index in [4.69, 9.17) is 10.5 Å². The molecule has 0 spiro atoms. The average Bonchev–Trinajstić information content (AvgIpc) is 2.56. The number of hydrogen-bond donors (Lipinski definition) is 3. The zero-order valence-electron chi connectivity index (χ0n) is 13.8. The number of primary amides is 1. The lowest BCUT2D eigenvalue weighted by atomic mass is 10.0. The van der Waals surface area contributed by atoms with Crippen molar-refractivity contribution in [3.63, 3.8) is 0 Å². The molecule has 1 aliphatic rings. The number of anilines is 2. The van der Waals surface area contributed by atoms with Gasteiger partial charge in [-0.15, -0.1) is 0 Å². The molecule has 7 nitrogen and oxygen atoms in total. The van der Waals surface area contributed by atoms with E-state index in [9.17, 15) is 14.4 Å². The quantitative estimate of drug-likeness (QED) is 0.741. The Hall–Kier alpha value is -3.35. The SMILES string of the molecule is Cc1ccc2c(c1)NC(=O)C(C)(C(=O)Nc1cccc(C(N)=O)c1)O2. The molecule has 0 aliphatic carbocycles. The first kappa shape index (κ1) is 16.5. The predicted octanol–water partition coefficient (Wildman–Crippen LogP) is 1.82. The van der Waals surface area contributed by atoms with Gasteiger partial charge < -0.3 is 21.1 Å². The normalized spacial score (nSPS) is 18.6. The number of benzene rings is 2. The number of nitrogens with one attached hydrogen (secondary N) is 2. The molecule has 0 saturated heterocycles. The van der Waals surface area contributed by atoms with Gasteiger partial charge in [-0.25, -0.2) is 0 Å². The van der Waals surface area contributed by atoms with Crippen molar-refractivity contribution in [1.29, 1.82) is 0 Å². The van der Waals surface area contributed by atoms with Crippen LogP contribution in [0.4, 0.5) is 11.4 Å². The Morgan fingerprint density at radius 2 is 1.96 bits per heavy atom. The number of hydrogen-bond acceptors (Lipinski definition) is 4. The molecule has 0 aromatic heterocycles. The van der Waals surface area contributed by atoms with Gasteiger partial charge in [0.15, 0.2) is 0 Å². The molecule has 2 aromatic carbocycles. The molecule has 25 heavy (non-hydrogen) atoms. The summed E-state index contributed by atoms with van der Waals surface area (Å²) in [4.78, 5) is 36.3. The van der Waals surface area contributed by atoms with Crippen LogP contribution >= 0.6 is 0 Å². The Bertz CT molecular complexity index is 894. The minimum Gasteiger partial charge on any atom is -0.466 e. The van der Waals surface area contributed by atoms with Crippen molar-refractivity contribution in [3.8, 4) is 5.75 Å². The van der Waals surface area contributed by atoms with Crippen molar-refractivity contribution in [2.24, 2.45) is 5.73 Å². The molecule has 1 atom stereocenters. The van der Waals surface area contributed by atoms with Gasteiger partial charge in [0.25, 0.3) is 17.4 Å². The van der Waals surface area contributed by atoms with E-state index in [-0.39, 0.29) is 5.56 Å². The molecule has 4 N–H and O–H groups in total. The monoisotopic (exact) mass is 339 g/mol. The highest BCUT2D eigenvalue weighted by atomic mass is 16.5. The van der Waals surface area contributed by atoms with Crippen LogP contribution in [0.15, 0.2) is 42.5 Å². The van der Waals surface area contributed by atoms with Gasteiger partial charge in [0, 0.05) is 11.3 Å². The zero-order chi connectivity index (χ0) is 18.2. The third kappa shape index (κ3) is 3.03. The minimum absolute atomic E-state index is 0.248. The molecular weight excluding hydrogens is 322 g/mol. The van der Waals surface area contributed by atoms with Crippen LogP contribution in [-0.2, 0) is 9.59 Å². The van der Waals surface area contributed by atoms with Gasteiger partial charge in [-0.2, -0.15) is 0 Å². The van der Waals surface area contributed by atoms with Gasteiger partial charge in [0.05, 0.1) is 5.69 Å². The maximum atomic E-state index is 12.6. The summed E-state index contributed by atoms with van der Waals surface area (Å²) >= 11 is 0. The Kier molecular flexibility index (Phi) is 3.92. The summed E-state index contributed by atoms with van der Waals surface area (Å²) in [6.45, 7) is 3.27. The predicted molar refractivity (Wildman–Crippen MR) is 92.4 cm³/mol. The molecule has 1 unspecified atom stereocenters. The number of carbonyl (C=O) groups is 3. The molecule has 0 radical (unpaired) electrons. The highest BCUT2D eigenvalue weighted by molar-refractivity contribution is 6.19. The molecule has 0 bridgehead atoms. The van der Waals surface area contributed by atoms with Crippen molar-refractivity contribution in [2.45, 2.75) is 19.4 Å². The third-order valence-corrected chi connectivity index (χ3v) is 3.97. The Morgan fingerprint density at radius 3 is 2.68 bits per heavy atom. The molecule has 7 heteroatoms. The van der Waals surface area contributed by atoms with Crippen LogP contribution in [0.25, 0.3) is 0 Å². The first-order valence-electron chi connectivity index (χ1n) is 7.62. The van der Waals surface area contributed by atoms with E-state index in [1.165, 1.54) is 19.1 Å². The fourth-order valence-electron chi connectivity index (χ4n) is 2.49. The molecule has 3 amide bonds. The molecular formula is C18H17N3O4. The number of carbonyl (C=O) groups excluding carboxylic acids is 3. The van der Waals surface area contributed by atoms with Crippen molar-refractivity contribution < 1.29 is 19.1 Å². The van der Waals surface area contributed by atoms with Gasteiger partial charge >= 0.3 is 0 Å². The molecule has 2 aromatic rings. The summed E-state index contributed by atoms with van der Waals surface area (Å²) in [6, 6.07) is 11.4. The van der Waals surface area contributed by atoms with Gasteiger partial charge in [-0.1, -0.05) is 12.1 Å². The summed E-state index contributed by atoms with van der Waals surface area (Å²) in [7, 11) is 0. The van der Waals surface area contributed by atoms with Crippen molar-refractivity contribution in [1.82, 2.24) is 0 Å². The van der Waals surface area contributed by atoms with Gasteiger partial charge in [0.2, 0.25) is 5.91 Å². The van der Waals surface area contributed by atoms with Crippen LogP contribution in [0, 0.1) is 6.92 Å². The number of ether oxygens (including phenoxy) is 1. The van der Waals surface area contributed by atoms with Crippen molar-refractivity contribution in [3.05, 3.63) is 53.6 Å². The average molecular weight is 339 g/mol. The summed E-state index contributed by atoms with van der Waals surface area (Å²) in [5.41, 5.74) is 5.55. The van der Waals surface area contributed by atoms with Crippen LogP contribution < -0.4 is 21.1 Å². The second kappa shape index (κ2) is 5.94. The maximum Gasteiger partial charge on any atom is 0.278 e. The summed E-state index contributed by atoms with van der Waals surface area (Å²) in [5.74, 6) is -1.43. The number of fused-ring (bicyclic) bond motifs is 1. The van der Waals surface area contributed by atoms with E-state index in [2.05, 4.69) is 10.6 Å². The zero-order valence-corrected chi connectivity index (χ0v) is 13.8. The Morgan fingerprint density at radius 1 is 1.20 bits per heavy atom. The number of aryl methyl sites for hydroxylation is 1. The summed E-state index contributed by atoms with van der Waals surface area (Å²) in [6.07, 6.45) is 0. The molecule has 0 saturated carbocycles. The highest BCUT2D eigenvalue weighted by Gasteiger charge is 2.47. The van der Waals surface area contributed by atoms with E-state index in [0.29, 0.717) is 17.1 Å². The molecule has 3 rings (SSSR count). The minimum atomic E-state index is -1.75. The van der Waals surface area contributed by atoms with Gasteiger partial charge in [0.1, 0.15) is 5.75 Å². The van der Waals surface area contributed by atoms with E-state index in [0.717, 1.165) is 5.56 Å². The standard InChI is InChI=1S/C18H17N3O4/c1-10-6-7-14-13(8-10)21-17(24)18(2,25-14)16(23)20-12-5-3-4-11(9-12)15(19)22/h3-9H,1-2H3,(H2,19,22)(H,20,23)(H,21,24). The van der Waals surface area contributed by atoms with E-state index >= 15 is 0 Å². The van der Waals surface area contributed by atoms with E-state index in [1.807, 2.05) is 13.0 Å². The fourth-order valence-corrected chi connectivity index (χ4v) is 2.49. The molecule has 128 valence electrons. The highest BCUT2D eigenvalue weighted by Crippen LogP contribution is 2.34. The molecule has 0 fully saturated rings. The second-order valence-electron chi connectivity index (χ2n) is 5.99. The van der Waals surface area contributed by atoms with Gasteiger partial charge in [-0.3, -0.25) is 14.4 Å². The molecule has 1 heterocycles. The lowest BCUT2D eigenvalue weighted by Crippen LogP contribution is -2.56. The first-order valence-corrected chi connectivity index (χ1v) is 7.62. The van der Waals surface area contributed by atoms with E-state index < -0.39 is 23.3 Å². The van der Waals surface area contributed by atoms with Crippen LogP contribution in [0.1, 0.15) is 22.8 Å². The smallest absolute Gasteiger partial charge is 0.278 e.